The van der Waals surface area contributed by atoms with Gasteiger partial charge in [-0.3, -0.25) is 9.48 Å². The summed E-state index contributed by atoms with van der Waals surface area (Å²) in [5.41, 5.74) is 4.14. The van der Waals surface area contributed by atoms with Gasteiger partial charge in [-0.25, -0.2) is 9.37 Å². The lowest BCUT2D eigenvalue weighted by Crippen LogP contribution is -2.16. The first-order valence-corrected chi connectivity index (χ1v) is 8.87. The normalized spacial score (nSPS) is 10.7. The number of benzene rings is 2. The summed E-state index contributed by atoms with van der Waals surface area (Å²) < 4.78 is 15.1. The zero-order valence-electron chi connectivity index (χ0n) is 15.8. The molecule has 0 aliphatic rings. The highest BCUT2D eigenvalue weighted by Gasteiger charge is 2.13. The van der Waals surface area contributed by atoms with Crippen molar-refractivity contribution in [2.24, 2.45) is 7.05 Å². The molecule has 2 aromatic heterocycles. The number of nitrogens with zero attached hydrogens (tertiary/aromatic N) is 4. The van der Waals surface area contributed by atoms with Gasteiger partial charge >= 0.3 is 0 Å². The van der Waals surface area contributed by atoms with E-state index in [0.717, 1.165) is 11.1 Å². The van der Waals surface area contributed by atoms with Crippen molar-refractivity contribution in [3.05, 3.63) is 77.4 Å². The van der Waals surface area contributed by atoms with Crippen LogP contribution in [0.1, 0.15) is 21.6 Å². The van der Waals surface area contributed by atoms with Crippen molar-refractivity contribution in [1.29, 1.82) is 5.26 Å². The highest BCUT2D eigenvalue weighted by Crippen LogP contribution is 2.27. The molecular weight excluding hydrogens is 369 g/mol. The minimum Gasteiger partial charge on any atom is -0.320 e. The summed E-state index contributed by atoms with van der Waals surface area (Å²) in [7, 11) is 1.71. The molecular formula is C22H16FN5O. The smallest absolute Gasteiger partial charge is 0.273 e. The van der Waals surface area contributed by atoms with Crippen molar-refractivity contribution in [3.63, 3.8) is 0 Å². The average molecular weight is 385 g/mol. The SMILES string of the molecule is Cc1cc(-c2ccc3cc(F)cc(C#N)c3n2)ccc1NC(=O)c1ccnn1C. The molecule has 4 rings (SSSR count). The minimum absolute atomic E-state index is 0.193. The molecule has 2 aromatic carbocycles. The molecule has 0 saturated carbocycles. The number of aromatic nitrogens is 3. The van der Waals surface area contributed by atoms with Gasteiger partial charge in [0.25, 0.3) is 5.91 Å². The summed E-state index contributed by atoms with van der Waals surface area (Å²) in [5, 5.41) is 16.7. The van der Waals surface area contributed by atoms with E-state index in [9.17, 15) is 14.4 Å². The number of hydrogen-bond acceptors (Lipinski definition) is 4. The Morgan fingerprint density at radius 3 is 2.69 bits per heavy atom. The number of anilines is 1. The second-order valence-electron chi connectivity index (χ2n) is 6.66. The summed E-state index contributed by atoms with van der Waals surface area (Å²) in [6, 6.07) is 15.3. The second kappa shape index (κ2) is 7.17. The number of pyridine rings is 1. The van der Waals surface area contributed by atoms with Gasteiger partial charge in [0.2, 0.25) is 0 Å². The molecule has 0 aliphatic carbocycles. The van der Waals surface area contributed by atoms with E-state index in [2.05, 4.69) is 15.4 Å². The van der Waals surface area contributed by atoms with Crippen LogP contribution in [0, 0.1) is 24.1 Å². The van der Waals surface area contributed by atoms with E-state index in [0.29, 0.717) is 28.0 Å². The molecule has 4 aromatic rings. The lowest BCUT2D eigenvalue weighted by atomic mass is 10.0. The molecule has 0 spiro atoms. The van der Waals surface area contributed by atoms with Crippen molar-refractivity contribution in [3.8, 4) is 17.3 Å². The summed E-state index contributed by atoms with van der Waals surface area (Å²) >= 11 is 0. The van der Waals surface area contributed by atoms with Gasteiger partial charge in [-0.1, -0.05) is 12.1 Å². The maximum Gasteiger partial charge on any atom is 0.273 e. The molecule has 1 amide bonds. The maximum atomic E-state index is 13.6. The predicted molar refractivity (Wildman–Crippen MR) is 108 cm³/mol. The number of carbonyl (C=O) groups excluding carboxylic acids is 1. The van der Waals surface area contributed by atoms with Crippen LogP contribution in [0.25, 0.3) is 22.2 Å². The van der Waals surface area contributed by atoms with Gasteiger partial charge in [-0.2, -0.15) is 10.4 Å². The number of carbonyl (C=O) groups is 1. The fourth-order valence-corrected chi connectivity index (χ4v) is 3.19. The topological polar surface area (TPSA) is 83.6 Å². The van der Waals surface area contributed by atoms with Crippen LogP contribution >= 0.6 is 0 Å². The number of rotatable bonds is 3. The largest absolute Gasteiger partial charge is 0.320 e. The van der Waals surface area contributed by atoms with Crippen LogP contribution in [-0.2, 0) is 7.05 Å². The lowest BCUT2D eigenvalue weighted by molar-refractivity contribution is 0.101. The quantitative estimate of drug-likeness (QED) is 0.573. The summed E-state index contributed by atoms with van der Waals surface area (Å²) in [5.74, 6) is -0.710. The van der Waals surface area contributed by atoms with Crippen LogP contribution in [0.2, 0.25) is 0 Å². The van der Waals surface area contributed by atoms with Gasteiger partial charge < -0.3 is 5.32 Å². The van der Waals surface area contributed by atoms with E-state index < -0.39 is 5.82 Å². The molecule has 0 atom stereocenters. The fraction of sp³-hybridized carbons (Fsp3) is 0.0909. The Bertz CT molecular complexity index is 1300. The van der Waals surface area contributed by atoms with Gasteiger partial charge in [-0.05, 0) is 48.9 Å². The van der Waals surface area contributed by atoms with E-state index in [1.807, 2.05) is 25.1 Å². The van der Waals surface area contributed by atoms with Crippen molar-refractivity contribution < 1.29 is 9.18 Å². The summed E-state index contributed by atoms with van der Waals surface area (Å²) in [6.07, 6.45) is 1.57. The Balaban J connectivity index is 1.67. The van der Waals surface area contributed by atoms with Crippen LogP contribution in [0.4, 0.5) is 10.1 Å². The first kappa shape index (κ1) is 18.3. The van der Waals surface area contributed by atoms with E-state index in [1.165, 1.54) is 16.8 Å². The zero-order valence-corrected chi connectivity index (χ0v) is 15.8. The van der Waals surface area contributed by atoms with Crippen LogP contribution in [-0.4, -0.2) is 20.7 Å². The van der Waals surface area contributed by atoms with E-state index in [-0.39, 0.29) is 11.5 Å². The first-order chi connectivity index (χ1) is 14.0. The lowest BCUT2D eigenvalue weighted by Gasteiger charge is -2.11. The van der Waals surface area contributed by atoms with Gasteiger partial charge in [-0.15, -0.1) is 0 Å². The predicted octanol–water partition coefficient (Wildman–Crippen LogP) is 4.21. The van der Waals surface area contributed by atoms with Gasteiger partial charge in [0.15, 0.2) is 0 Å². The highest BCUT2D eigenvalue weighted by molar-refractivity contribution is 6.03. The fourth-order valence-electron chi connectivity index (χ4n) is 3.19. The molecule has 2 heterocycles. The monoisotopic (exact) mass is 385 g/mol. The van der Waals surface area contributed by atoms with Crippen LogP contribution in [0.5, 0.6) is 0 Å². The molecule has 0 unspecified atom stereocenters. The number of nitrogens with one attached hydrogen (secondary N) is 1. The third-order valence-electron chi connectivity index (χ3n) is 4.70. The molecule has 7 heteroatoms. The molecule has 0 radical (unpaired) electrons. The zero-order chi connectivity index (χ0) is 20.5. The van der Waals surface area contributed by atoms with Gasteiger partial charge in [0.1, 0.15) is 17.6 Å². The molecule has 29 heavy (non-hydrogen) atoms. The Hall–Kier alpha value is -4.05. The number of hydrogen-bond donors (Lipinski definition) is 1. The molecule has 142 valence electrons. The average Bonchev–Trinajstić information content (AvgIpc) is 3.14. The third-order valence-corrected chi connectivity index (χ3v) is 4.70. The molecule has 0 aliphatic heterocycles. The maximum absolute atomic E-state index is 13.6. The summed E-state index contributed by atoms with van der Waals surface area (Å²) in [6.45, 7) is 1.89. The number of halogens is 1. The molecule has 6 nitrogen and oxygen atoms in total. The van der Waals surface area contributed by atoms with Crippen LogP contribution < -0.4 is 5.32 Å². The first-order valence-electron chi connectivity index (χ1n) is 8.87. The van der Waals surface area contributed by atoms with Crippen LogP contribution in [0.3, 0.4) is 0 Å². The third kappa shape index (κ3) is 3.44. The standard InChI is InChI=1S/C22H16FN5O/c1-13-9-14(3-5-18(13)27-22(29)20-7-8-25-28(20)2)19-6-4-15-10-17(23)11-16(12-24)21(15)26-19/h3-11H,1-2H3,(H,27,29). The van der Waals surface area contributed by atoms with Crippen LogP contribution in [0.15, 0.2) is 54.7 Å². The number of aryl methyl sites for hydroxylation is 2. The van der Waals surface area contributed by atoms with Crippen molar-refractivity contribution in [1.82, 2.24) is 14.8 Å². The van der Waals surface area contributed by atoms with Gasteiger partial charge in [0.05, 0.1) is 16.8 Å². The Labute approximate surface area is 166 Å². The Morgan fingerprint density at radius 1 is 1.17 bits per heavy atom. The van der Waals surface area contributed by atoms with Crippen molar-refractivity contribution in [2.75, 3.05) is 5.32 Å². The number of amides is 1. The van der Waals surface area contributed by atoms with Crippen molar-refractivity contribution >= 4 is 22.5 Å². The van der Waals surface area contributed by atoms with Crippen molar-refractivity contribution in [2.45, 2.75) is 6.92 Å². The second-order valence-corrected chi connectivity index (χ2v) is 6.66. The van der Waals surface area contributed by atoms with E-state index in [4.69, 9.17) is 0 Å². The Kier molecular flexibility index (Phi) is 4.53. The van der Waals surface area contributed by atoms with E-state index in [1.54, 1.807) is 37.5 Å². The van der Waals surface area contributed by atoms with E-state index >= 15 is 0 Å². The Morgan fingerprint density at radius 2 is 2.00 bits per heavy atom. The molecule has 1 N–H and O–H groups in total. The molecule has 0 bridgehead atoms. The van der Waals surface area contributed by atoms with Gasteiger partial charge in [0, 0.05) is 29.9 Å². The number of nitriles is 1. The highest BCUT2D eigenvalue weighted by atomic mass is 19.1. The molecule has 0 fully saturated rings. The molecule has 0 saturated heterocycles. The number of fused-ring (bicyclic) bond motifs is 1. The minimum atomic E-state index is -0.465. The summed E-state index contributed by atoms with van der Waals surface area (Å²) in [4.78, 5) is 17.0.